The predicted molar refractivity (Wildman–Crippen MR) is 63.8 cm³/mol. The number of carbonyl (C=O) groups excluding carboxylic acids is 1. The first-order chi connectivity index (χ1) is 7.66. The summed E-state index contributed by atoms with van der Waals surface area (Å²) in [5.41, 5.74) is 6.96. The zero-order valence-corrected chi connectivity index (χ0v) is 9.52. The third-order valence-electron chi connectivity index (χ3n) is 3.07. The summed E-state index contributed by atoms with van der Waals surface area (Å²) < 4.78 is 0. The second-order valence-corrected chi connectivity index (χ2v) is 4.62. The molecule has 0 radical (unpaired) electrons. The number of carbonyl (C=O) groups is 1. The molecule has 0 heterocycles. The van der Waals surface area contributed by atoms with Crippen molar-refractivity contribution in [3.8, 4) is 0 Å². The lowest BCUT2D eigenvalue weighted by molar-refractivity contribution is -0.122. The fourth-order valence-corrected chi connectivity index (χ4v) is 1.77. The summed E-state index contributed by atoms with van der Waals surface area (Å²) in [5.74, 6) is 0.589. The summed E-state index contributed by atoms with van der Waals surface area (Å²) in [7, 11) is 0. The van der Waals surface area contributed by atoms with Crippen LogP contribution in [-0.2, 0) is 11.2 Å². The van der Waals surface area contributed by atoms with Crippen molar-refractivity contribution in [1.82, 2.24) is 5.32 Å². The number of benzene rings is 1. The van der Waals surface area contributed by atoms with Gasteiger partial charge in [0.25, 0.3) is 0 Å². The molecule has 1 saturated carbocycles. The molecule has 86 valence electrons. The van der Waals surface area contributed by atoms with Crippen LogP contribution in [0.1, 0.15) is 18.9 Å². The van der Waals surface area contributed by atoms with Gasteiger partial charge in [-0.3, -0.25) is 4.79 Å². The Kier molecular flexibility index (Phi) is 3.25. The van der Waals surface area contributed by atoms with Crippen LogP contribution in [0.4, 0.5) is 0 Å². The van der Waals surface area contributed by atoms with Crippen LogP contribution >= 0.6 is 0 Å². The van der Waals surface area contributed by atoms with E-state index in [4.69, 9.17) is 5.73 Å². The lowest BCUT2D eigenvalue weighted by Gasteiger charge is -2.11. The smallest absolute Gasteiger partial charge is 0.237 e. The third-order valence-corrected chi connectivity index (χ3v) is 3.07. The van der Waals surface area contributed by atoms with Crippen molar-refractivity contribution in [2.45, 2.75) is 31.8 Å². The molecule has 1 fully saturated rings. The maximum absolute atomic E-state index is 11.7. The molecule has 0 saturated heterocycles. The maximum Gasteiger partial charge on any atom is 0.237 e. The van der Waals surface area contributed by atoms with Crippen LogP contribution in [-0.4, -0.2) is 18.0 Å². The number of rotatable bonds is 4. The van der Waals surface area contributed by atoms with Crippen molar-refractivity contribution in [3.05, 3.63) is 35.9 Å². The highest BCUT2D eigenvalue weighted by Crippen LogP contribution is 2.28. The summed E-state index contributed by atoms with van der Waals surface area (Å²) >= 11 is 0. The van der Waals surface area contributed by atoms with Gasteiger partial charge in [-0.25, -0.2) is 0 Å². The molecule has 3 heteroatoms. The summed E-state index contributed by atoms with van der Waals surface area (Å²) in [6, 6.07) is 9.79. The molecule has 3 atom stereocenters. The van der Waals surface area contributed by atoms with Gasteiger partial charge in [-0.05, 0) is 24.3 Å². The predicted octanol–water partition coefficient (Wildman–Crippen LogP) is 1.08. The number of nitrogens with one attached hydrogen (secondary N) is 1. The first-order valence-corrected chi connectivity index (χ1v) is 5.76. The standard InChI is InChI=1S/C13H18N2O/c1-9-7-12(9)15-13(16)11(14)8-10-5-3-2-4-6-10/h2-6,9,11-12H,7-8,14H2,1H3,(H,15,16). The maximum atomic E-state index is 11.7. The average molecular weight is 218 g/mol. The van der Waals surface area contributed by atoms with Crippen molar-refractivity contribution in [2.24, 2.45) is 11.7 Å². The summed E-state index contributed by atoms with van der Waals surface area (Å²) in [6.45, 7) is 2.13. The fourth-order valence-electron chi connectivity index (χ4n) is 1.77. The first-order valence-electron chi connectivity index (χ1n) is 5.76. The summed E-state index contributed by atoms with van der Waals surface area (Å²) in [4.78, 5) is 11.7. The van der Waals surface area contributed by atoms with Crippen LogP contribution in [0, 0.1) is 5.92 Å². The zero-order valence-electron chi connectivity index (χ0n) is 9.52. The Balaban J connectivity index is 1.83. The van der Waals surface area contributed by atoms with Crippen LogP contribution in [0.2, 0.25) is 0 Å². The molecule has 3 unspecified atom stereocenters. The molecule has 0 aromatic heterocycles. The van der Waals surface area contributed by atoms with E-state index in [1.54, 1.807) is 0 Å². The van der Waals surface area contributed by atoms with Gasteiger partial charge in [0.1, 0.15) is 0 Å². The zero-order chi connectivity index (χ0) is 11.5. The minimum Gasteiger partial charge on any atom is -0.352 e. The molecule has 0 aliphatic heterocycles. The van der Waals surface area contributed by atoms with Crippen molar-refractivity contribution >= 4 is 5.91 Å². The highest BCUT2D eigenvalue weighted by Gasteiger charge is 2.34. The van der Waals surface area contributed by atoms with Crippen LogP contribution in [0.25, 0.3) is 0 Å². The van der Waals surface area contributed by atoms with E-state index in [1.807, 2.05) is 30.3 Å². The Morgan fingerprint density at radius 2 is 2.12 bits per heavy atom. The van der Waals surface area contributed by atoms with Crippen LogP contribution in [0.15, 0.2) is 30.3 Å². The van der Waals surface area contributed by atoms with E-state index in [0.29, 0.717) is 18.4 Å². The molecule has 16 heavy (non-hydrogen) atoms. The number of amides is 1. The van der Waals surface area contributed by atoms with Gasteiger partial charge in [-0.1, -0.05) is 37.3 Å². The minimum absolute atomic E-state index is 0.0294. The molecular formula is C13H18N2O. The second-order valence-electron chi connectivity index (χ2n) is 4.62. The molecule has 0 spiro atoms. The van der Waals surface area contributed by atoms with Gasteiger partial charge in [-0.2, -0.15) is 0 Å². The molecular weight excluding hydrogens is 200 g/mol. The normalized spacial score (nSPS) is 24.9. The van der Waals surface area contributed by atoms with Crippen LogP contribution in [0.3, 0.4) is 0 Å². The molecule has 1 aromatic rings. The molecule has 1 amide bonds. The Morgan fingerprint density at radius 1 is 1.50 bits per heavy atom. The van der Waals surface area contributed by atoms with E-state index in [-0.39, 0.29) is 5.91 Å². The Morgan fingerprint density at radius 3 is 2.69 bits per heavy atom. The minimum atomic E-state index is -0.435. The Bertz CT molecular complexity index is 363. The van der Waals surface area contributed by atoms with Gasteiger partial charge >= 0.3 is 0 Å². The van der Waals surface area contributed by atoms with Gasteiger partial charge in [0.15, 0.2) is 0 Å². The number of hydrogen-bond acceptors (Lipinski definition) is 2. The van der Waals surface area contributed by atoms with E-state index >= 15 is 0 Å². The van der Waals surface area contributed by atoms with Crippen molar-refractivity contribution in [3.63, 3.8) is 0 Å². The largest absolute Gasteiger partial charge is 0.352 e. The number of hydrogen-bond donors (Lipinski definition) is 2. The molecule has 1 aromatic carbocycles. The van der Waals surface area contributed by atoms with E-state index in [9.17, 15) is 4.79 Å². The van der Waals surface area contributed by atoms with Crippen LogP contribution < -0.4 is 11.1 Å². The van der Waals surface area contributed by atoms with E-state index in [1.165, 1.54) is 0 Å². The lowest BCUT2D eigenvalue weighted by atomic mass is 10.1. The highest BCUT2D eigenvalue weighted by molar-refractivity contribution is 5.82. The molecule has 1 aliphatic carbocycles. The topological polar surface area (TPSA) is 55.1 Å². The van der Waals surface area contributed by atoms with Crippen molar-refractivity contribution < 1.29 is 4.79 Å². The van der Waals surface area contributed by atoms with Gasteiger partial charge in [0.2, 0.25) is 5.91 Å². The molecule has 2 rings (SSSR count). The lowest BCUT2D eigenvalue weighted by Crippen LogP contribution is -2.43. The highest BCUT2D eigenvalue weighted by atomic mass is 16.2. The Labute approximate surface area is 96.0 Å². The van der Waals surface area contributed by atoms with Gasteiger partial charge in [-0.15, -0.1) is 0 Å². The van der Waals surface area contributed by atoms with Crippen LogP contribution in [0.5, 0.6) is 0 Å². The first kappa shape index (κ1) is 11.1. The quantitative estimate of drug-likeness (QED) is 0.794. The average Bonchev–Trinajstić information content (AvgIpc) is 2.95. The summed E-state index contributed by atoms with van der Waals surface area (Å²) in [5, 5.41) is 2.96. The third kappa shape index (κ3) is 2.83. The van der Waals surface area contributed by atoms with Gasteiger partial charge < -0.3 is 11.1 Å². The molecule has 3 N–H and O–H groups in total. The second kappa shape index (κ2) is 4.66. The van der Waals surface area contributed by atoms with E-state index < -0.39 is 6.04 Å². The molecule has 1 aliphatic rings. The molecule has 0 bridgehead atoms. The van der Waals surface area contributed by atoms with E-state index in [2.05, 4.69) is 12.2 Å². The van der Waals surface area contributed by atoms with Crippen molar-refractivity contribution in [2.75, 3.05) is 0 Å². The number of nitrogens with two attached hydrogens (primary N) is 1. The fraction of sp³-hybridized carbons (Fsp3) is 0.462. The molecule has 3 nitrogen and oxygen atoms in total. The summed E-state index contributed by atoms with van der Waals surface area (Å²) in [6.07, 6.45) is 1.69. The van der Waals surface area contributed by atoms with Crippen molar-refractivity contribution in [1.29, 1.82) is 0 Å². The van der Waals surface area contributed by atoms with E-state index in [0.717, 1.165) is 12.0 Å². The SMILES string of the molecule is CC1CC1NC(=O)C(N)Cc1ccccc1. The van der Waals surface area contributed by atoms with Gasteiger partial charge in [0, 0.05) is 6.04 Å². The monoisotopic (exact) mass is 218 g/mol. The van der Waals surface area contributed by atoms with Gasteiger partial charge in [0.05, 0.1) is 6.04 Å². The Hall–Kier alpha value is -1.35.